The molecule has 4 nitrogen and oxygen atoms in total. The third-order valence-electron chi connectivity index (χ3n) is 4.50. The van der Waals surface area contributed by atoms with E-state index in [-0.39, 0.29) is 11.8 Å². The molecule has 1 N–H and O–H groups in total. The summed E-state index contributed by atoms with van der Waals surface area (Å²) in [6, 6.07) is 14.8. The Morgan fingerprint density at radius 3 is 2.54 bits per heavy atom. The zero-order valence-electron chi connectivity index (χ0n) is 13.7. The van der Waals surface area contributed by atoms with Gasteiger partial charge in [-0.25, -0.2) is 8.42 Å². The average Bonchev–Trinajstić information content (AvgIpc) is 2.59. The number of fused-ring (bicyclic) bond motifs is 1. The summed E-state index contributed by atoms with van der Waals surface area (Å²) < 4.78 is 22.9. The first-order valence-electron chi connectivity index (χ1n) is 8.09. The molecular formula is C19H21NO3S. The molecule has 1 unspecified atom stereocenters. The fourth-order valence-corrected chi connectivity index (χ4v) is 3.82. The van der Waals surface area contributed by atoms with Crippen molar-refractivity contribution < 1.29 is 13.2 Å². The molecule has 1 aliphatic carbocycles. The van der Waals surface area contributed by atoms with E-state index in [1.54, 1.807) is 24.3 Å². The number of hydrogen-bond acceptors (Lipinski definition) is 3. The summed E-state index contributed by atoms with van der Waals surface area (Å²) in [5.41, 5.74) is 3.29. The van der Waals surface area contributed by atoms with Gasteiger partial charge in [-0.05, 0) is 48.1 Å². The Kier molecular flexibility index (Phi) is 4.71. The van der Waals surface area contributed by atoms with Gasteiger partial charge in [-0.3, -0.25) is 4.79 Å². The molecule has 0 fully saturated rings. The van der Waals surface area contributed by atoms with Crippen LogP contribution in [0.15, 0.2) is 53.4 Å². The van der Waals surface area contributed by atoms with Crippen LogP contribution >= 0.6 is 0 Å². The lowest BCUT2D eigenvalue weighted by molar-refractivity contribution is -0.123. The number of aryl methyl sites for hydroxylation is 1. The van der Waals surface area contributed by atoms with E-state index >= 15 is 0 Å². The Morgan fingerprint density at radius 1 is 1.12 bits per heavy atom. The van der Waals surface area contributed by atoms with Crippen molar-refractivity contribution in [3.63, 3.8) is 0 Å². The summed E-state index contributed by atoms with van der Waals surface area (Å²) in [6.45, 7) is 0.404. The SMILES string of the molecule is CS(=O)(=O)c1ccc(CNC(=O)C2CCCc3ccccc32)cc1. The lowest BCUT2D eigenvalue weighted by Gasteiger charge is -2.24. The fourth-order valence-electron chi connectivity index (χ4n) is 3.19. The van der Waals surface area contributed by atoms with Crippen molar-refractivity contribution in [2.24, 2.45) is 0 Å². The molecule has 0 saturated carbocycles. The van der Waals surface area contributed by atoms with Crippen molar-refractivity contribution in [3.8, 4) is 0 Å². The van der Waals surface area contributed by atoms with E-state index in [0.29, 0.717) is 11.4 Å². The molecule has 5 heteroatoms. The predicted octanol–water partition coefficient (Wildman–Crippen LogP) is 2.83. The molecule has 1 atom stereocenters. The van der Waals surface area contributed by atoms with Gasteiger partial charge in [-0.15, -0.1) is 0 Å². The lowest BCUT2D eigenvalue weighted by atomic mass is 9.82. The summed E-state index contributed by atoms with van der Waals surface area (Å²) >= 11 is 0. The van der Waals surface area contributed by atoms with Gasteiger partial charge in [0.15, 0.2) is 9.84 Å². The van der Waals surface area contributed by atoms with Gasteiger partial charge in [0.1, 0.15) is 0 Å². The Balaban J connectivity index is 1.66. The van der Waals surface area contributed by atoms with E-state index in [9.17, 15) is 13.2 Å². The van der Waals surface area contributed by atoms with Gasteiger partial charge in [0.25, 0.3) is 0 Å². The van der Waals surface area contributed by atoms with E-state index in [4.69, 9.17) is 0 Å². The molecule has 24 heavy (non-hydrogen) atoms. The zero-order valence-corrected chi connectivity index (χ0v) is 14.5. The van der Waals surface area contributed by atoms with Crippen LogP contribution in [0.1, 0.15) is 35.4 Å². The van der Waals surface area contributed by atoms with Gasteiger partial charge in [0.05, 0.1) is 10.8 Å². The van der Waals surface area contributed by atoms with E-state index in [1.807, 2.05) is 18.2 Å². The second kappa shape index (κ2) is 6.77. The molecule has 3 rings (SSSR count). The highest BCUT2D eigenvalue weighted by atomic mass is 32.2. The summed E-state index contributed by atoms with van der Waals surface area (Å²) in [7, 11) is -3.19. The van der Waals surface area contributed by atoms with E-state index in [0.717, 1.165) is 30.4 Å². The van der Waals surface area contributed by atoms with Crippen LogP contribution < -0.4 is 5.32 Å². The molecule has 2 aromatic carbocycles. The van der Waals surface area contributed by atoms with Crippen molar-refractivity contribution >= 4 is 15.7 Å². The van der Waals surface area contributed by atoms with Crippen LogP contribution in [0.2, 0.25) is 0 Å². The van der Waals surface area contributed by atoms with Gasteiger partial charge in [-0.1, -0.05) is 36.4 Å². The summed E-state index contributed by atoms with van der Waals surface area (Å²) in [5.74, 6) is -0.0559. The molecule has 0 bridgehead atoms. The molecule has 0 spiro atoms. The van der Waals surface area contributed by atoms with Gasteiger partial charge in [-0.2, -0.15) is 0 Å². The number of rotatable bonds is 4. The average molecular weight is 343 g/mol. The van der Waals surface area contributed by atoms with Crippen LogP contribution in [0, 0.1) is 0 Å². The summed E-state index contributed by atoms with van der Waals surface area (Å²) in [6.07, 6.45) is 4.12. The topological polar surface area (TPSA) is 63.2 Å². The highest BCUT2D eigenvalue weighted by Gasteiger charge is 2.25. The maximum absolute atomic E-state index is 12.6. The van der Waals surface area contributed by atoms with Gasteiger partial charge in [0, 0.05) is 12.8 Å². The van der Waals surface area contributed by atoms with E-state index < -0.39 is 9.84 Å². The van der Waals surface area contributed by atoms with Crippen LogP contribution in [0.25, 0.3) is 0 Å². The molecule has 0 saturated heterocycles. The summed E-state index contributed by atoms with van der Waals surface area (Å²) in [5, 5.41) is 2.98. The van der Waals surface area contributed by atoms with Gasteiger partial charge < -0.3 is 5.32 Å². The molecule has 2 aromatic rings. The second-order valence-electron chi connectivity index (χ2n) is 6.28. The van der Waals surface area contributed by atoms with Crippen LogP contribution in [0.4, 0.5) is 0 Å². The van der Waals surface area contributed by atoms with Crippen LogP contribution in [0.3, 0.4) is 0 Å². The molecule has 0 aromatic heterocycles. The van der Waals surface area contributed by atoms with E-state index in [2.05, 4.69) is 11.4 Å². The first-order chi connectivity index (χ1) is 11.4. The van der Waals surface area contributed by atoms with Gasteiger partial charge in [0.2, 0.25) is 5.91 Å². The maximum atomic E-state index is 12.6. The van der Waals surface area contributed by atoms with Crippen molar-refractivity contribution in [2.75, 3.05) is 6.26 Å². The standard InChI is InChI=1S/C19H21NO3S/c1-24(22,23)16-11-9-14(10-12-16)13-20-19(21)18-8-4-6-15-5-2-3-7-17(15)18/h2-3,5,7,9-12,18H,4,6,8,13H2,1H3,(H,20,21). The molecule has 0 radical (unpaired) electrons. The molecule has 0 heterocycles. The first-order valence-corrected chi connectivity index (χ1v) is 9.99. The first kappa shape index (κ1) is 16.7. The predicted molar refractivity (Wildman–Crippen MR) is 93.5 cm³/mol. The number of carbonyl (C=O) groups excluding carboxylic acids is 1. The minimum Gasteiger partial charge on any atom is -0.351 e. The van der Waals surface area contributed by atoms with E-state index in [1.165, 1.54) is 11.8 Å². The van der Waals surface area contributed by atoms with Crippen molar-refractivity contribution in [1.29, 1.82) is 0 Å². The number of nitrogens with one attached hydrogen (secondary N) is 1. The molecule has 1 aliphatic rings. The normalized spacial score (nSPS) is 17.1. The van der Waals surface area contributed by atoms with Gasteiger partial charge >= 0.3 is 0 Å². The quantitative estimate of drug-likeness (QED) is 0.928. The number of amides is 1. The number of hydrogen-bond donors (Lipinski definition) is 1. The smallest absolute Gasteiger partial charge is 0.227 e. The number of benzene rings is 2. The molecular weight excluding hydrogens is 322 g/mol. The monoisotopic (exact) mass is 343 g/mol. The Bertz CT molecular complexity index is 841. The third kappa shape index (κ3) is 3.67. The molecule has 0 aliphatic heterocycles. The third-order valence-corrected chi connectivity index (χ3v) is 5.63. The largest absolute Gasteiger partial charge is 0.351 e. The number of carbonyl (C=O) groups is 1. The molecule has 1 amide bonds. The van der Waals surface area contributed by atoms with Crippen molar-refractivity contribution in [3.05, 3.63) is 65.2 Å². The highest BCUT2D eigenvalue weighted by molar-refractivity contribution is 7.90. The van der Waals surface area contributed by atoms with Crippen molar-refractivity contribution in [1.82, 2.24) is 5.32 Å². The van der Waals surface area contributed by atoms with Crippen LogP contribution in [-0.2, 0) is 27.6 Å². The fraction of sp³-hybridized carbons (Fsp3) is 0.316. The second-order valence-corrected chi connectivity index (χ2v) is 8.29. The Labute approximate surface area is 142 Å². The van der Waals surface area contributed by atoms with Crippen LogP contribution in [-0.4, -0.2) is 20.6 Å². The lowest BCUT2D eigenvalue weighted by Crippen LogP contribution is -2.31. The highest BCUT2D eigenvalue weighted by Crippen LogP contribution is 2.31. The maximum Gasteiger partial charge on any atom is 0.227 e. The minimum absolute atomic E-state index is 0.0364. The summed E-state index contributed by atoms with van der Waals surface area (Å²) in [4.78, 5) is 12.8. The Morgan fingerprint density at radius 2 is 1.83 bits per heavy atom. The minimum atomic E-state index is -3.19. The zero-order chi connectivity index (χ0) is 17.2. The Hall–Kier alpha value is -2.14. The van der Waals surface area contributed by atoms with Crippen LogP contribution in [0.5, 0.6) is 0 Å². The molecule has 126 valence electrons. The number of sulfone groups is 1. The van der Waals surface area contributed by atoms with Crippen molar-refractivity contribution in [2.45, 2.75) is 36.6 Å².